The van der Waals surface area contributed by atoms with Crippen molar-refractivity contribution in [2.45, 2.75) is 112 Å². The SMILES string of the molecule is C[C@@H]1O[C@@H](O[C@@H]2[C@@H](O)[C@@H](O)[C@H](O[C@@H]3[C@@H](O)[C@H](OCCc4ccc(O)cc4)O[C@H](CO)[C@H]3OC(=O)/C=C/c3ccc(O)cc3)O[C@H]2C)[C@H](O)[C@H](O)[C@H]1O. The van der Waals surface area contributed by atoms with Crippen LogP contribution in [0.4, 0.5) is 0 Å². The molecule has 0 bridgehead atoms. The number of aliphatic hydroxyl groups is 7. The second-order valence-corrected chi connectivity index (χ2v) is 12.9. The molecule has 0 aromatic heterocycles. The van der Waals surface area contributed by atoms with Gasteiger partial charge >= 0.3 is 5.97 Å². The van der Waals surface area contributed by atoms with Crippen LogP contribution in [-0.4, -0.2) is 157 Å². The summed E-state index contributed by atoms with van der Waals surface area (Å²) >= 11 is 0. The Morgan fingerprint density at radius 1 is 0.673 bits per heavy atom. The van der Waals surface area contributed by atoms with Gasteiger partial charge in [0.15, 0.2) is 25.0 Å². The van der Waals surface area contributed by atoms with Crippen molar-refractivity contribution in [2.24, 2.45) is 0 Å². The Bertz CT molecular complexity index is 1460. The Balaban J connectivity index is 1.32. The predicted molar refractivity (Wildman–Crippen MR) is 175 cm³/mol. The highest BCUT2D eigenvalue weighted by atomic mass is 16.8. The molecule has 0 saturated carbocycles. The quantitative estimate of drug-likeness (QED) is 0.0879. The molecule has 5 rings (SSSR count). The molecule has 17 heteroatoms. The Hall–Kier alpha value is -3.27. The van der Waals surface area contributed by atoms with Gasteiger partial charge in [-0.15, -0.1) is 0 Å². The Kier molecular flexibility index (Phi) is 13.6. The molecule has 3 saturated heterocycles. The van der Waals surface area contributed by atoms with Crippen molar-refractivity contribution >= 4 is 12.0 Å². The van der Waals surface area contributed by atoms with Gasteiger partial charge < -0.3 is 79.1 Å². The number of hydrogen-bond donors (Lipinski definition) is 9. The lowest BCUT2D eigenvalue weighted by atomic mass is 9.96. The third-order valence-electron chi connectivity index (χ3n) is 9.13. The summed E-state index contributed by atoms with van der Waals surface area (Å²) in [6, 6.07) is 12.3. The van der Waals surface area contributed by atoms with E-state index in [0.29, 0.717) is 12.0 Å². The molecule has 0 radical (unpaired) electrons. The number of benzene rings is 2. The van der Waals surface area contributed by atoms with Gasteiger partial charge in [-0.3, -0.25) is 0 Å². The van der Waals surface area contributed by atoms with Crippen LogP contribution in [0.3, 0.4) is 0 Å². The van der Waals surface area contributed by atoms with E-state index in [4.69, 9.17) is 33.2 Å². The van der Waals surface area contributed by atoms with Crippen LogP contribution >= 0.6 is 0 Å². The van der Waals surface area contributed by atoms with Gasteiger partial charge in [-0.25, -0.2) is 4.79 Å². The molecule has 3 aliphatic heterocycles. The number of phenolic OH excluding ortho intramolecular Hbond substituents is 2. The third kappa shape index (κ3) is 9.44. The summed E-state index contributed by atoms with van der Waals surface area (Å²) in [6.45, 7) is 2.18. The van der Waals surface area contributed by atoms with Gasteiger partial charge in [-0.05, 0) is 61.7 Å². The number of aromatic hydroxyl groups is 2. The summed E-state index contributed by atoms with van der Waals surface area (Å²) in [7, 11) is 0. The second kappa shape index (κ2) is 17.7. The molecule has 0 aliphatic carbocycles. The summed E-state index contributed by atoms with van der Waals surface area (Å²) in [5.74, 6) is -0.819. The van der Waals surface area contributed by atoms with Crippen LogP contribution < -0.4 is 0 Å². The number of carbonyl (C=O) groups is 1. The van der Waals surface area contributed by atoms with E-state index in [1.807, 2.05) is 0 Å². The summed E-state index contributed by atoms with van der Waals surface area (Å²) < 4.78 is 40.3. The predicted octanol–water partition coefficient (Wildman–Crippen LogP) is -1.58. The number of aliphatic hydroxyl groups excluding tert-OH is 7. The first-order chi connectivity index (χ1) is 24.8. The van der Waals surface area contributed by atoms with Crippen LogP contribution in [0, 0.1) is 0 Å². The first-order valence-electron chi connectivity index (χ1n) is 16.8. The average Bonchev–Trinajstić information content (AvgIpc) is 3.12. The lowest BCUT2D eigenvalue weighted by molar-refractivity contribution is -0.375. The van der Waals surface area contributed by atoms with Gasteiger partial charge in [0.2, 0.25) is 0 Å². The van der Waals surface area contributed by atoms with Gasteiger partial charge in [0.05, 0.1) is 25.4 Å². The molecule has 15 atom stereocenters. The van der Waals surface area contributed by atoms with Gasteiger partial charge in [0.1, 0.15) is 66.4 Å². The van der Waals surface area contributed by atoms with E-state index in [0.717, 1.165) is 11.6 Å². The van der Waals surface area contributed by atoms with Gasteiger partial charge in [-0.2, -0.15) is 0 Å². The Morgan fingerprint density at radius 2 is 1.25 bits per heavy atom. The number of phenols is 2. The molecule has 3 fully saturated rings. The maximum absolute atomic E-state index is 13.0. The molecular formula is C35H46O17. The van der Waals surface area contributed by atoms with Crippen LogP contribution in [0.25, 0.3) is 6.08 Å². The molecule has 0 spiro atoms. The first-order valence-corrected chi connectivity index (χ1v) is 16.8. The van der Waals surface area contributed by atoms with Gasteiger partial charge in [-0.1, -0.05) is 24.3 Å². The zero-order chi connectivity index (χ0) is 37.7. The van der Waals surface area contributed by atoms with E-state index < -0.39 is 105 Å². The van der Waals surface area contributed by atoms with Crippen LogP contribution in [0.15, 0.2) is 54.6 Å². The van der Waals surface area contributed by atoms with Crippen molar-refractivity contribution in [2.75, 3.05) is 13.2 Å². The van der Waals surface area contributed by atoms with E-state index in [-0.39, 0.29) is 18.1 Å². The minimum absolute atomic E-state index is 0.00788. The largest absolute Gasteiger partial charge is 0.508 e. The molecule has 0 amide bonds. The first kappa shape index (κ1) is 39.9. The van der Waals surface area contributed by atoms with Crippen LogP contribution in [0.2, 0.25) is 0 Å². The van der Waals surface area contributed by atoms with E-state index in [1.165, 1.54) is 44.2 Å². The standard InChI is InChI=1S/C35H46O17/c1-16-24(40)25(41)27(43)34(47-16)51-30-17(2)48-35(28(44)26(30)42)52-32-29(45)33(46-14-13-19-5-10-21(38)11-6-19)49-22(15-36)31(32)50-23(39)12-7-18-3-8-20(37)9-4-18/h3-12,16-17,22,24-38,40-45H,13-15H2,1-2H3/b12-7+/t16-,17-,22+,24-,25+,26-,27+,28+,29+,30-,31+,32+,33+,34-,35-/m0/s1. The third-order valence-corrected chi connectivity index (χ3v) is 9.13. The topological polar surface area (TPSA) is 264 Å². The van der Waals surface area contributed by atoms with Crippen LogP contribution in [-0.2, 0) is 44.4 Å². The lowest BCUT2D eigenvalue weighted by Crippen LogP contribution is -2.66. The zero-order valence-electron chi connectivity index (χ0n) is 28.3. The smallest absolute Gasteiger partial charge is 0.331 e. The average molecular weight is 739 g/mol. The van der Waals surface area contributed by atoms with Crippen molar-refractivity contribution in [3.63, 3.8) is 0 Å². The van der Waals surface area contributed by atoms with Gasteiger partial charge in [0, 0.05) is 6.08 Å². The van der Waals surface area contributed by atoms with E-state index in [9.17, 15) is 50.8 Å². The molecule has 288 valence electrons. The highest BCUT2D eigenvalue weighted by Gasteiger charge is 2.54. The molecular weight excluding hydrogens is 692 g/mol. The van der Waals surface area contributed by atoms with Crippen molar-refractivity contribution in [1.29, 1.82) is 0 Å². The summed E-state index contributed by atoms with van der Waals surface area (Å²) in [4.78, 5) is 13.0. The molecule has 52 heavy (non-hydrogen) atoms. The van der Waals surface area contributed by atoms with Crippen LogP contribution in [0.5, 0.6) is 11.5 Å². The Morgan fingerprint density at radius 3 is 1.88 bits per heavy atom. The maximum atomic E-state index is 13.0. The van der Waals surface area contributed by atoms with Crippen LogP contribution in [0.1, 0.15) is 25.0 Å². The minimum Gasteiger partial charge on any atom is -0.508 e. The number of rotatable bonds is 12. The highest BCUT2D eigenvalue weighted by Crippen LogP contribution is 2.33. The number of ether oxygens (including phenoxy) is 7. The molecule has 2 aromatic carbocycles. The summed E-state index contributed by atoms with van der Waals surface area (Å²) in [5, 5.41) is 93.7. The minimum atomic E-state index is -1.86. The monoisotopic (exact) mass is 738 g/mol. The van der Waals surface area contributed by atoms with Crippen molar-refractivity contribution in [1.82, 2.24) is 0 Å². The molecule has 3 heterocycles. The fourth-order valence-corrected chi connectivity index (χ4v) is 6.10. The maximum Gasteiger partial charge on any atom is 0.331 e. The van der Waals surface area contributed by atoms with E-state index >= 15 is 0 Å². The van der Waals surface area contributed by atoms with Crippen molar-refractivity contribution < 1.29 is 83.9 Å². The fourth-order valence-electron chi connectivity index (χ4n) is 6.10. The number of hydrogen-bond acceptors (Lipinski definition) is 17. The molecule has 0 unspecified atom stereocenters. The molecule has 2 aromatic rings. The fraction of sp³-hybridized carbons (Fsp3) is 0.571. The van der Waals surface area contributed by atoms with Gasteiger partial charge in [0.25, 0.3) is 0 Å². The Labute approximate surface area is 298 Å². The second-order valence-electron chi connectivity index (χ2n) is 12.9. The summed E-state index contributed by atoms with van der Waals surface area (Å²) in [5.41, 5.74) is 1.35. The van der Waals surface area contributed by atoms with E-state index in [2.05, 4.69) is 0 Å². The zero-order valence-corrected chi connectivity index (χ0v) is 28.3. The number of carbonyl (C=O) groups excluding carboxylic acids is 1. The highest BCUT2D eigenvalue weighted by molar-refractivity contribution is 5.87. The number of esters is 1. The molecule has 3 aliphatic rings. The normalized spacial score (nSPS) is 38.3. The van der Waals surface area contributed by atoms with Crippen molar-refractivity contribution in [3.8, 4) is 11.5 Å². The van der Waals surface area contributed by atoms with Crippen molar-refractivity contribution in [3.05, 3.63) is 65.7 Å². The molecule has 9 N–H and O–H groups in total. The molecule has 17 nitrogen and oxygen atoms in total. The summed E-state index contributed by atoms with van der Waals surface area (Å²) in [6.07, 6.45) is -19.6. The van der Waals surface area contributed by atoms with E-state index in [1.54, 1.807) is 24.3 Å². The lowest BCUT2D eigenvalue weighted by Gasteiger charge is -2.48.